The van der Waals surface area contributed by atoms with Crippen molar-refractivity contribution in [3.05, 3.63) is 29.3 Å². The molecule has 20 heavy (non-hydrogen) atoms. The summed E-state index contributed by atoms with van der Waals surface area (Å²) in [5.74, 6) is 1.71. The van der Waals surface area contributed by atoms with E-state index in [0.29, 0.717) is 12.0 Å². The minimum atomic E-state index is 0.534. The molecule has 1 aromatic carbocycles. The Balaban J connectivity index is 1.68. The van der Waals surface area contributed by atoms with Gasteiger partial charge in [0.25, 0.3) is 0 Å². The maximum atomic E-state index is 6.08. The van der Waals surface area contributed by atoms with Crippen LogP contribution in [0.3, 0.4) is 0 Å². The van der Waals surface area contributed by atoms with Gasteiger partial charge in [0.1, 0.15) is 5.75 Å². The number of ether oxygens (including phenoxy) is 1. The first-order valence-corrected chi connectivity index (χ1v) is 8.08. The van der Waals surface area contributed by atoms with E-state index in [1.165, 1.54) is 43.4 Å². The molecular weight excluding hydrogens is 248 g/mol. The van der Waals surface area contributed by atoms with Crippen LogP contribution >= 0.6 is 0 Å². The predicted octanol–water partition coefficient (Wildman–Crippen LogP) is 2.50. The van der Waals surface area contributed by atoms with Gasteiger partial charge in [-0.05, 0) is 61.9 Å². The molecule has 2 N–H and O–H groups in total. The molecule has 1 saturated carbocycles. The summed E-state index contributed by atoms with van der Waals surface area (Å²) in [5.41, 5.74) is 8.93. The fourth-order valence-corrected chi connectivity index (χ4v) is 4.02. The van der Waals surface area contributed by atoms with Crippen LogP contribution in [0.4, 0.5) is 0 Å². The minimum absolute atomic E-state index is 0.534. The van der Waals surface area contributed by atoms with Gasteiger partial charge in [0, 0.05) is 18.5 Å². The minimum Gasteiger partial charge on any atom is -0.493 e. The van der Waals surface area contributed by atoms with Gasteiger partial charge >= 0.3 is 0 Å². The number of benzene rings is 1. The molecule has 4 rings (SSSR count). The summed E-state index contributed by atoms with van der Waals surface area (Å²) in [6.07, 6.45) is 6.40. The Labute approximate surface area is 121 Å². The van der Waals surface area contributed by atoms with Crippen LogP contribution in [0, 0.1) is 5.92 Å². The molecule has 2 heterocycles. The van der Waals surface area contributed by atoms with E-state index in [4.69, 9.17) is 10.5 Å². The number of nitrogens with zero attached hydrogens (tertiary/aromatic N) is 1. The molecule has 0 aromatic heterocycles. The van der Waals surface area contributed by atoms with Gasteiger partial charge in [-0.15, -0.1) is 0 Å². The highest BCUT2D eigenvalue weighted by atomic mass is 16.5. The lowest BCUT2D eigenvalue weighted by molar-refractivity contribution is 0.0879. The van der Waals surface area contributed by atoms with Gasteiger partial charge in [0.15, 0.2) is 0 Å². The molecule has 1 aliphatic carbocycles. The van der Waals surface area contributed by atoms with E-state index in [2.05, 4.69) is 23.1 Å². The van der Waals surface area contributed by atoms with Gasteiger partial charge < -0.3 is 10.5 Å². The van der Waals surface area contributed by atoms with Gasteiger partial charge in [-0.2, -0.15) is 0 Å². The van der Waals surface area contributed by atoms with E-state index in [0.717, 1.165) is 31.4 Å². The van der Waals surface area contributed by atoms with Crippen LogP contribution in [0.15, 0.2) is 18.2 Å². The molecule has 0 bridgehead atoms. The van der Waals surface area contributed by atoms with Crippen molar-refractivity contribution in [3.63, 3.8) is 0 Å². The first-order chi connectivity index (χ1) is 9.86. The number of rotatable bonds is 3. The molecule has 0 amide bonds. The normalized spacial score (nSPS) is 30.1. The number of hydrogen-bond acceptors (Lipinski definition) is 3. The molecule has 0 spiro atoms. The zero-order valence-electron chi connectivity index (χ0n) is 12.1. The van der Waals surface area contributed by atoms with Crippen molar-refractivity contribution in [1.82, 2.24) is 4.90 Å². The molecule has 0 radical (unpaired) electrons. The van der Waals surface area contributed by atoms with Crippen LogP contribution in [-0.2, 0) is 6.42 Å². The molecule has 3 heteroatoms. The molecule has 3 aliphatic rings. The summed E-state index contributed by atoms with van der Waals surface area (Å²) in [5, 5.41) is 0. The number of fused-ring (bicyclic) bond motifs is 1. The lowest BCUT2D eigenvalue weighted by Gasteiger charge is -2.41. The molecule has 2 aliphatic heterocycles. The average Bonchev–Trinajstić information content (AvgIpc) is 3.23. The molecule has 3 nitrogen and oxygen atoms in total. The topological polar surface area (TPSA) is 38.5 Å². The summed E-state index contributed by atoms with van der Waals surface area (Å²) in [7, 11) is 0. The second kappa shape index (κ2) is 5.05. The zero-order chi connectivity index (χ0) is 13.5. The van der Waals surface area contributed by atoms with Crippen molar-refractivity contribution in [3.8, 4) is 5.75 Å². The highest BCUT2D eigenvalue weighted by Crippen LogP contribution is 2.43. The second-order valence-electron chi connectivity index (χ2n) is 6.52. The third kappa shape index (κ3) is 2.13. The highest BCUT2D eigenvalue weighted by Gasteiger charge is 2.40. The Hall–Kier alpha value is -1.06. The maximum Gasteiger partial charge on any atom is 0.122 e. The van der Waals surface area contributed by atoms with Gasteiger partial charge in [-0.25, -0.2) is 0 Å². The van der Waals surface area contributed by atoms with Crippen LogP contribution in [-0.4, -0.2) is 30.6 Å². The standard InChI is InChI=1S/C17H24N2O/c18-11-14-2-1-8-19(15-4-5-15)17(14)13-3-6-16-12(10-13)7-9-20-16/h3,6,10,14-15,17H,1-2,4-5,7-9,11,18H2. The second-order valence-corrected chi connectivity index (χ2v) is 6.52. The molecule has 2 fully saturated rings. The van der Waals surface area contributed by atoms with Crippen molar-refractivity contribution >= 4 is 0 Å². The van der Waals surface area contributed by atoms with E-state index in [1.807, 2.05) is 0 Å². The Kier molecular flexibility index (Phi) is 3.20. The van der Waals surface area contributed by atoms with Crippen LogP contribution in [0.2, 0.25) is 0 Å². The van der Waals surface area contributed by atoms with Crippen molar-refractivity contribution in [2.24, 2.45) is 11.7 Å². The monoisotopic (exact) mass is 272 g/mol. The molecule has 1 saturated heterocycles. The number of nitrogens with two attached hydrogens (primary N) is 1. The third-order valence-electron chi connectivity index (χ3n) is 5.17. The van der Waals surface area contributed by atoms with E-state index in [9.17, 15) is 0 Å². The quantitative estimate of drug-likeness (QED) is 0.919. The molecular formula is C17H24N2O. The first-order valence-electron chi connectivity index (χ1n) is 8.08. The average molecular weight is 272 g/mol. The first kappa shape index (κ1) is 12.7. The van der Waals surface area contributed by atoms with E-state index in [-0.39, 0.29) is 0 Å². The number of hydrogen-bond donors (Lipinski definition) is 1. The Morgan fingerprint density at radius 3 is 2.95 bits per heavy atom. The smallest absolute Gasteiger partial charge is 0.122 e. The van der Waals surface area contributed by atoms with Crippen molar-refractivity contribution in [1.29, 1.82) is 0 Å². The summed E-state index contributed by atoms with van der Waals surface area (Å²) in [6, 6.07) is 8.19. The van der Waals surface area contributed by atoms with Crippen LogP contribution in [0.1, 0.15) is 42.9 Å². The highest BCUT2D eigenvalue weighted by molar-refractivity contribution is 5.41. The van der Waals surface area contributed by atoms with Crippen molar-refractivity contribution < 1.29 is 4.74 Å². The SMILES string of the molecule is NCC1CCCN(C2CC2)C1c1ccc2c(c1)CCO2. The van der Waals surface area contributed by atoms with E-state index in [1.54, 1.807) is 0 Å². The van der Waals surface area contributed by atoms with Gasteiger partial charge in [0.2, 0.25) is 0 Å². The molecule has 2 unspecified atom stereocenters. The zero-order valence-corrected chi connectivity index (χ0v) is 12.1. The van der Waals surface area contributed by atoms with Gasteiger partial charge in [-0.1, -0.05) is 12.1 Å². The van der Waals surface area contributed by atoms with Crippen molar-refractivity contribution in [2.75, 3.05) is 19.7 Å². The largest absolute Gasteiger partial charge is 0.493 e. The van der Waals surface area contributed by atoms with E-state index < -0.39 is 0 Å². The molecule has 2 atom stereocenters. The Morgan fingerprint density at radius 2 is 2.15 bits per heavy atom. The summed E-state index contributed by atoms with van der Waals surface area (Å²) < 4.78 is 5.64. The van der Waals surface area contributed by atoms with Gasteiger partial charge in [0.05, 0.1) is 6.61 Å². The lowest BCUT2D eigenvalue weighted by atomic mass is 9.84. The van der Waals surface area contributed by atoms with Crippen LogP contribution in [0.25, 0.3) is 0 Å². The van der Waals surface area contributed by atoms with Gasteiger partial charge in [-0.3, -0.25) is 4.90 Å². The maximum absolute atomic E-state index is 6.08. The Bertz CT molecular complexity index is 498. The van der Waals surface area contributed by atoms with E-state index >= 15 is 0 Å². The van der Waals surface area contributed by atoms with Crippen LogP contribution in [0.5, 0.6) is 5.75 Å². The summed E-state index contributed by atoms with van der Waals surface area (Å²) in [4.78, 5) is 2.73. The fourth-order valence-electron chi connectivity index (χ4n) is 4.02. The van der Waals surface area contributed by atoms with Crippen LogP contribution < -0.4 is 10.5 Å². The number of likely N-dealkylation sites (tertiary alicyclic amines) is 1. The van der Waals surface area contributed by atoms with Crippen molar-refractivity contribution in [2.45, 2.75) is 44.2 Å². The fraction of sp³-hybridized carbons (Fsp3) is 0.647. The molecule has 108 valence electrons. The summed E-state index contributed by atoms with van der Waals surface area (Å²) >= 11 is 0. The summed E-state index contributed by atoms with van der Waals surface area (Å²) in [6.45, 7) is 2.90. The third-order valence-corrected chi connectivity index (χ3v) is 5.17. The predicted molar refractivity (Wildman–Crippen MR) is 79.9 cm³/mol. The number of piperidine rings is 1. The Morgan fingerprint density at radius 1 is 1.25 bits per heavy atom. The molecule has 1 aromatic rings. The lowest BCUT2D eigenvalue weighted by Crippen LogP contribution is -2.42.